The summed E-state index contributed by atoms with van der Waals surface area (Å²) in [5.74, 6) is -0.170. The maximum Gasteiger partial charge on any atom is 0.251 e. The number of phenolic OH excluding ortho intramolecular Hbond substituents is 1. The van der Waals surface area contributed by atoms with E-state index >= 15 is 0 Å². The Labute approximate surface area is 106 Å². The van der Waals surface area contributed by atoms with Gasteiger partial charge in [0.2, 0.25) is 5.91 Å². The molecule has 98 valence electrons. The molecular formula is C13H18N2O3. The van der Waals surface area contributed by atoms with Gasteiger partial charge in [-0.25, -0.2) is 0 Å². The van der Waals surface area contributed by atoms with Gasteiger partial charge < -0.3 is 15.7 Å². The summed E-state index contributed by atoms with van der Waals surface area (Å²) in [6.07, 6.45) is 0.261. The lowest BCUT2D eigenvalue weighted by atomic mass is 10.1. The van der Waals surface area contributed by atoms with Gasteiger partial charge in [-0.2, -0.15) is 0 Å². The quantitative estimate of drug-likeness (QED) is 0.728. The molecule has 0 aromatic heterocycles. The molecule has 0 heterocycles. The van der Waals surface area contributed by atoms with Crippen molar-refractivity contribution in [3.63, 3.8) is 0 Å². The molecule has 1 rings (SSSR count). The van der Waals surface area contributed by atoms with Gasteiger partial charge >= 0.3 is 0 Å². The Bertz CT molecular complexity index is 444. The zero-order chi connectivity index (χ0) is 13.5. The number of amides is 2. The molecule has 0 bridgehead atoms. The van der Waals surface area contributed by atoms with E-state index in [0.717, 1.165) is 0 Å². The van der Waals surface area contributed by atoms with Gasteiger partial charge in [0.1, 0.15) is 5.75 Å². The summed E-state index contributed by atoms with van der Waals surface area (Å²) in [7, 11) is 0. The summed E-state index contributed by atoms with van der Waals surface area (Å²) in [5.41, 5.74) is 1.12. The number of nitrogens with one attached hydrogen (secondary N) is 2. The van der Waals surface area contributed by atoms with Crippen LogP contribution in [-0.2, 0) is 4.79 Å². The van der Waals surface area contributed by atoms with Crippen molar-refractivity contribution in [2.45, 2.75) is 20.3 Å². The van der Waals surface area contributed by atoms with E-state index in [2.05, 4.69) is 10.6 Å². The van der Waals surface area contributed by atoms with Crippen LogP contribution >= 0.6 is 0 Å². The second kappa shape index (κ2) is 6.64. The van der Waals surface area contributed by atoms with Crippen molar-refractivity contribution in [3.05, 3.63) is 29.3 Å². The fourth-order valence-electron chi connectivity index (χ4n) is 1.47. The molecule has 0 aliphatic rings. The maximum atomic E-state index is 11.7. The van der Waals surface area contributed by atoms with Crippen LogP contribution in [0.3, 0.4) is 0 Å². The molecule has 0 radical (unpaired) electrons. The number of hydrogen-bond acceptors (Lipinski definition) is 3. The summed E-state index contributed by atoms with van der Waals surface area (Å²) in [6, 6.07) is 4.63. The standard InChI is InChI=1S/C13H18N2O3/c1-3-14-12(17)6-7-15-13(18)10-4-5-11(16)9(2)8-10/h4-5,8,16H,3,6-7H2,1-2H3,(H,14,17)(H,15,18). The number of aryl methyl sites for hydroxylation is 1. The number of aromatic hydroxyl groups is 1. The van der Waals surface area contributed by atoms with Crippen molar-refractivity contribution >= 4 is 11.8 Å². The van der Waals surface area contributed by atoms with E-state index in [0.29, 0.717) is 24.2 Å². The summed E-state index contributed by atoms with van der Waals surface area (Å²) >= 11 is 0. The molecule has 2 amide bonds. The average Bonchev–Trinajstić information content (AvgIpc) is 2.33. The molecule has 5 heteroatoms. The van der Waals surface area contributed by atoms with E-state index in [1.165, 1.54) is 6.07 Å². The van der Waals surface area contributed by atoms with Crippen molar-refractivity contribution in [1.29, 1.82) is 0 Å². The highest BCUT2D eigenvalue weighted by Gasteiger charge is 2.07. The Morgan fingerprint density at radius 2 is 2.00 bits per heavy atom. The minimum atomic E-state index is -0.248. The third-order valence-corrected chi connectivity index (χ3v) is 2.47. The van der Waals surface area contributed by atoms with Gasteiger partial charge in [0, 0.05) is 25.1 Å². The second-order valence-corrected chi connectivity index (χ2v) is 3.96. The summed E-state index contributed by atoms with van der Waals surface area (Å²) in [4.78, 5) is 22.9. The zero-order valence-electron chi connectivity index (χ0n) is 10.6. The average molecular weight is 250 g/mol. The van der Waals surface area contributed by atoms with Crippen LogP contribution in [0.4, 0.5) is 0 Å². The first-order valence-electron chi connectivity index (χ1n) is 5.89. The number of benzene rings is 1. The molecule has 0 saturated heterocycles. The van der Waals surface area contributed by atoms with Crippen LogP contribution in [0, 0.1) is 6.92 Å². The first kappa shape index (κ1) is 14.0. The first-order valence-corrected chi connectivity index (χ1v) is 5.89. The van der Waals surface area contributed by atoms with Gasteiger partial charge in [0.15, 0.2) is 0 Å². The predicted molar refractivity (Wildman–Crippen MR) is 68.5 cm³/mol. The lowest BCUT2D eigenvalue weighted by Crippen LogP contribution is -2.30. The van der Waals surface area contributed by atoms with Crippen molar-refractivity contribution in [2.24, 2.45) is 0 Å². The highest BCUT2D eigenvalue weighted by atomic mass is 16.3. The van der Waals surface area contributed by atoms with Gasteiger partial charge in [0.05, 0.1) is 0 Å². The molecule has 0 saturated carbocycles. The van der Waals surface area contributed by atoms with E-state index in [-0.39, 0.29) is 24.0 Å². The summed E-state index contributed by atoms with van der Waals surface area (Å²) < 4.78 is 0. The van der Waals surface area contributed by atoms with Crippen LogP contribution in [-0.4, -0.2) is 30.0 Å². The smallest absolute Gasteiger partial charge is 0.251 e. The van der Waals surface area contributed by atoms with Gasteiger partial charge in [0.25, 0.3) is 5.91 Å². The minimum absolute atomic E-state index is 0.0836. The highest BCUT2D eigenvalue weighted by molar-refractivity contribution is 5.94. The van der Waals surface area contributed by atoms with E-state index < -0.39 is 0 Å². The van der Waals surface area contributed by atoms with Crippen LogP contribution < -0.4 is 10.6 Å². The fourth-order valence-corrected chi connectivity index (χ4v) is 1.47. The summed E-state index contributed by atoms with van der Waals surface area (Å²) in [6.45, 7) is 4.45. The Hall–Kier alpha value is -2.04. The lowest BCUT2D eigenvalue weighted by molar-refractivity contribution is -0.120. The number of carbonyl (C=O) groups is 2. The Kier molecular flexibility index (Phi) is 5.17. The summed E-state index contributed by atoms with van der Waals surface area (Å²) in [5, 5.41) is 14.7. The number of phenols is 1. The Balaban J connectivity index is 2.45. The second-order valence-electron chi connectivity index (χ2n) is 3.96. The van der Waals surface area contributed by atoms with Gasteiger partial charge in [-0.15, -0.1) is 0 Å². The van der Waals surface area contributed by atoms with Crippen LogP contribution in [0.1, 0.15) is 29.3 Å². The largest absolute Gasteiger partial charge is 0.508 e. The normalized spacial score (nSPS) is 9.89. The van der Waals surface area contributed by atoms with E-state index in [1.807, 2.05) is 6.92 Å². The van der Waals surface area contributed by atoms with Crippen molar-refractivity contribution < 1.29 is 14.7 Å². The fraction of sp³-hybridized carbons (Fsp3) is 0.385. The zero-order valence-corrected chi connectivity index (χ0v) is 10.6. The number of carbonyl (C=O) groups excluding carboxylic acids is 2. The number of rotatable bonds is 5. The number of hydrogen-bond donors (Lipinski definition) is 3. The van der Waals surface area contributed by atoms with Gasteiger partial charge in [-0.1, -0.05) is 0 Å². The van der Waals surface area contributed by atoms with Crippen molar-refractivity contribution in [3.8, 4) is 5.75 Å². The molecule has 0 spiro atoms. The third-order valence-electron chi connectivity index (χ3n) is 2.47. The van der Waals surface area contributed by atoms with E-state index in [4.69, 9.17) is 0 Å². The van der Waals surface area contributed by atoms with Gasteiger partial charge in [-0.3, -0.25) is 9.59 Å². The molecular weight excluding hydrogens is 232 g/mol. The van der Waals surface area contributed by atoms with Crippen LogP contribution in [0.5, 0.6) is 5.75 Å². The van der Waals surface area contributed by atoms with Crippen LogP contribution in [0.15, 0.2) is 18.2 Å². The van der Waals surface area contributed by atoms with Gasteiger partial charge in [-0.05, 0) is 37.6 Å². The van der Waals surface area contributed by atoms with Crippen molar-refractivity contribution in [2.75, 3.05) is 13.1 Å². The molecule has 0 aliphatic carbocycles. The topological polar surface area (TPSA) is 78.4 Å². The molecule has 5 nitrogen and oxygen atoms in total. The maximum absolute atomic E-state index is 11.7. The lowest BCUT2D eigenvalue weighted by Gasteiger charge is -2.06. The first-order chi connectivity index (χ1) is 8.54. The molecule has 0 aliphatic heterocycles. The van der Waals surface area contributed by atoms with Crippen molar-refractivity contribution in [1.82, 2.24) is 10.6 Å². The molecule has 3 N–H and O–H groups in total. The van der Waals surface area contributed by atoms with Crippen LogP contribution in [0.2, 0.25) is 0 Å². The SMILES string of the molecule is CCNC(=O)CCNC(=O)c1ccc(O)c(C)c1. The van der Waals surface area contributed by atoms with E-state index in [1.54, 1.807) is 19.1 Å². The predicted octanol–water partition coefficient (Wildman–Crippen LogP) is 0.957. The van der Waals surface area contributed by atoms with E-state index in [9.17, 15) is 14.7 Å². The molecule has 0 fully saturated rings. The Morgan fingerprint density at radius 1 is 1.28 bits per heavy atom. The molecule has 1 aromatic rings. The minimum Gasteiger partial charge on any atom is -0.508 e. The monoisotopic (exact) mass is 250 g/mol. The molecule has 1 aromatic carbocycles. The highest BCUT2D eigenvalue weighted by Crippen LogP contribution is 2.16. The third kappa shape index (κ3) is 4.08. The molecule has 0 atom stereocenters. The Morgan fingerprint density at radius 3 is 2.61 bits per heavy atom. The molecule has 18 heavy (non-hydrogen) atoms. The molecule has 0 unspecified atom stereocenters. The van der Waals surface area contributed by atoms with Crippen LogP contribution in [0.25, 0.3) is 0 Å².